The van der Waals surface area contributed by atoms with E-state index < -0.39 is 20.0 Å². The monoisotopic (exact) mass is 414 g/mol. The molecule has 0 atom stereocenters. The average Bonchev–Trinajstić information content (AvgIpc) is 2.57. The van der Waals surface area contributed by atoms with E-state index >= 15 is 0 Å². The highest BCUT2D eigenvalue weighted by molar-refractivity contribution is 7.89. The van der Waals surface area contributed by atoms with E-state index in [-0.39, 0.29) is 14.8 Å². The minimum atomic E-state index is -3.75. The first-order valence-electron chi connectivity index (χ1n) is 6.98. The Kier molecular flexibility index (Phi) is 6.16. The predicted octanol–water partition coefficient (Wildman–Crippen LogP) is 1.88. The number of sulfonamides is 2. The zero-order valence-electron chi connectivity index (χ0n) is 13.2. The van der Waals surface area contributed by atoms with Crippen LogP contribution in [0.2, 0.25) is 0 Å². The van der Waals surface area contributed by atoms with Crippen LogP contribution in [0.1, 0.15) is 0 Å². The quantitative estimate of drug-likeness (QED) is 0.618. The number of hydrogen-bond donors (Lipinski definition) is 3. The maximum atomic E-state index is 11.2. The Morgan fingerprint density at radius 3 is 1.81 bits per heavy atom. The van der Waals surface area contributed by atoms with Crippen LogP contribution < -0.4 is 15.6 Å². The number of benzene rings is 2. The Balaban J connectivity index is 2.02. The van der Waals surface area contributed by atoms with E-state index in [9.17, 15) is 16.8 Å². The van der Waals surface area contributed by atoms with Crippen LogP contribution in [-0.2, 0) is 20.0 Å². The number of rotatable bonds is 6. The van der Waals surface area contributed by atoms with Gasteiger partial charge in [0.2, 0.25) is 20.0 Å². The van der Waals surface area contributed by atoms with Crippen molar-refractivity contribution in [3.05, 3.63) is 59.8 Å². The summed E-state index contributed by atoms with van der Waals surface area (Å²) in [6.45, 7) is 0. The lowest BCUT2D eigenvalue weighted by molar-refractivity contribution is 0.596. The molecule has 0 radical (unpaired) electrons. The summed E-state index contributed by atoms with van der Waals surface area (Å²) in [4.78, 5) is 4.08. The maximum absolute atomic E-state index is 11.2. The molecular formula is C15H15ClN4O4S2. The van der Waals surface area contributed by atoms with E-state index in [0.717, 1.165) is 0 Å². The van der Waals surface area contributed by atoms with Gasteiger partial charge in [-0.05, 0) is 48.5 Å². The van der Waals surface area contributed by atoms with Gasteiger partial charge in [0, 0.05) is 18.1 Å². The van der Waals surface area contributed by atoms with E-state index in [1.807, 2.05) is 0 Å². The molecule has 2 aromatic rings. The van der Waals surface area contributed by atoms with Gasteiger partial charge in [0.1, 0.15) is 0 Å². The normalized spacial score (nSPS) is 13.1. The van der Waals surface area contributed by atoms with E-state index in [1.165, 1.54) is 60.9 Å². The van der Waals surface area contributed by atoms with Gasteiger partial charge >= 0.3 is 0 Å². The molecule has 8 nitrogen and oxygen atoms in total. The van der Waals surface area contributed by atoms with Gasteiger partial charge < -0.3 is 5.32 Å². The molecule has 0 aliphatic carbocycles. The second kappa shape index (κ2) is 7.98. The van der Waals surface area contributed by atoms with Gasteiger partial charge in [-0.1, -0.05) is 11.6 Å². The lowest BCUT2D eigenvalue weighted by Crippen LogP contribution is -2.11. The molecule has 0 saturated carbocycles. The fraction of sp³-hybridized carbons (Fsp3) is 0. The molecule has 0 aromatic heterocycles. The Morgan fingerprint density at radius 2 is 1.35 bits per heavy atom. The molecule has 0 saturated heterocycles. The van der Waals surface area contributed by atoms with Crippen molar-refractivity contribution < 1.29 is 16.8 Å². The van der Waals surface area contributed by atoms with Gasteiger partial charge in [0.05, 0.1) is 20.5 Å². The first-order chi connectivity index (χ1) is 12.1. The summed E-state index contributed by atoms with van der Waals surface area (Å²) < 4.78 is 44.7. The molecule has 0 bridgehead atoms. The number of anilines is 1. The molecule has 0 aliphatic rings. The standard InChI is InChI=1S/C15H15ClN4O4S2/c16-11(9-19-12-1-5-14(6-2-12)25(17,21)22)10-20-13-3-7-15(8-4-13)26(18,23)24/h1-10,19H,(H2,17,21,22)(H2,18,23,24)/b11-9-,20-10?. The molecular weight excluding hydrogens is 400 g/mol. The van der Waals surface area contributed by atoms with Crippen molar-refractivity contribution in [1.82, 2.24) is 0 Å². The molecule has 26 heavy (non-hydrogen) atoms. The van der Waals surface area contributed by atoms with E-state index in [1.54, 1.807) is 0 Å². The van der Waals surface area contributed by atoms with Crippen molar-refractivity contribution >= 4 is 49.2 Å². The van der Waals surface area contributed by atoms with Crippen molar-refractivity contribution in [2.75, 3.05) is 5.32 Å². The Hall–Kier alpha value is -2.24. The van der Waals surface area contributed by atoms with Crippen LogP contribution in [0.15, 0.2) is 74.5 Å². The van der Waals surface area contributed by atoms with Crippen LogP contribution in [0.3, 0.4) is 0 Å². The van der Waals surface area contributed by atoms with E-state index in [4.69, 9.17) is 21.9 Å². The van der Waals surface area contributed by atoms with Gasteiger partial charge in [0.25, 0.3) is 0 Å². The molecule has 0 spiro atoms. The average molecular weight is 415 g/mol. The van der Waals surface area contributed by atoms with E-state index in [0.29, 0.717) is 11.4 Å². The molecule has 11 heteroatoms. The summed E-state index contributed by atoms with van der Waals surface area (Å²) in [5.41, 5.74) is 1.09. The Bertz CT molecular complexity index is 1050. The number of hydrogen-bond acceptors (Lipinski definition) is 6. The lowest BCUT2D eigenvalue weighted by atomic mass is 10.3. The second-order valence-electron chi connectivity index (χ2n) is 5.04. The first-order valence-corrected chi connectivity index (χ1v) is 10.4. The molecule has 0 amide bonds. The number of allylic oxidation sites excluding steroid dienone is 1. The van der Waals surface area contributed by atoms with Crippen LogP contribution in [0.25, 0.3) is 0 Å². The van der Waals surface area contributed by atoms with Crippen molar-refractivity contribution in [3.8, 4) is 0 Å². The van der Waals surface area contributed by atoms with Crippen molar-refractivity contribution in [2.45, 2.75) is 9.79 Å². The van der Waals surface area contributed by atoms with Gasteiger partial charge in [-0.25, -0.2) is 27.1 Å². The summed E-state index contributed by atoms with van der Waals surface area (Å²) in [6.07, 6.45) is 2.81. The Labute approximate surface area is 156 Å². The van der Waals surface area contributed by atoms with Gasteiger partial charge in [-0.3, -0.25) is 4.99 Å². The van der Waals surface area contributed by atoms with E-state index in [2.05, 4.69) is 10.3 Å². The van der Waals surface area contributed by atoms with Gasteiger partial charge in [-0.15, -0.1) is 0 Å². The molecule has 0 heterocycles. The third-order valence-corrected chi connectivity index (χ3v) is 5.13. The maximum Gasteiger partial charge on any atom is 0.238 e. The first kappa shape index (κ1) is 20.1. The van der Waals surface area contributed by atoms with Gasteiger partial charge in [-0.2, -0.15) is 0 Å². The zero-order valence-corrected chi connectivity index (χ0v) is 15.6. The second-order valence-corrected chi connectivity index (χ2v) is 8.60. The number of nitrogens with two attached hydrogens (primary N) is 2. The summed E-state index contributed by atoms with van der Waals surface area (Å²) >= 11 is 6.01. The van der Waals surface area contributed by atoms with Crippen LogP contribution in [0.4, 0.5) is 11.4 Å². The number of primary sulfonamides is 2. The minimum Gasteiger partial charge on any atom is -0.360 e. The fourth-order valence-corrected chi connectivity index (χ4v) is 2.92. The zero-order chi connectivity index (χ0) is 19.4. The fourth-order valence-electron chi connectivity index (χ4n) is 1.79. The number of nitrogens with zero attached hydrogens (tertiary/aromatic N) is 1. The highest BCUT2D eigenvalue weighted by Crippen LogP contribution is 2.16. The van der Waals surface area contributed by atoms with Crippen LogP contribution >= 0.6 is 11.6 Å². The van der Waals surface area contributed by atoms with Crippen molar-refractivity contribution in [1.29, 1.82) is 0 Å². The summed E-state index contributed by atoms with van der Waals surface area (Å²) in [7, 11) is -7.49. The molecule has 138 valence electrons. The topological polar surface area (TPSA) is 145 Å². The van der Waals surface area contributed by atoms with Gasteiger partial charge in [0.15, 0.2) is 0 Å². The molecule has 0 unspecified atom stereocenters. The Morgan fingerprint density at radius 1 is 0.885 bits per heavy atom. The molecule has 0 fully saturated rings. The number of halogens is 1. The number of nitrogens with one attached hydrogen (secondary N) is 1. The largest absolute Gasteiger partial charge is 0.360 e. The summed E-state index contributed by atoms with van der Waals surface area (Å²) in [6, 6.07) is 11.4. The summed E-state index contributed by atoms with van der Waals surface area (Å²) in [5, 5.41) is 13.2. The molecule has 2 rings (SSSR count). The highest BCUT2D eigenvalue weighted by Gasteiger charge is 2.07. The van der Waals surface area contributed by atoms with Crippen LogP contribution in [-0.4, -0.2) is 23.1 Å². The SMILES string of the molecule is NS(=O)(=O)c1ccc(N=C/C(Cl)=C/Nc2ccc(S(N)(=O)=O)cc2)cc1. The summed E-state index contributed by atoms with van der Waals surface area (Å²) in [5.74, 6) is 0. The predicted molar refractivity (Wildman–Crippen MR) is 101 cm³/mol. The third-order valence-electron chi connectivity index (χ3n) is 3.06. The lowest BCUT2D eigenvalue weighted by Gasteiger charge is -2.02. The number of aliphatic imine (C=N–C) groups is 1. The van der Waals surface area contributed by atoms with Crippen LogP contribution in [0, 0.1) is 0 Å². The van der Waals surface area contributed by atoms with Crippen molar-refractivity contribution in [3.63, 3.8) is 0 Å². The minimum absolute atomic E-state index is 0.00243. The van der Waals surface area contributed by atoms with Crippen molar-refractivity contribution in [2.24, 2.45) is 15.3 Å². The third kappa shape index (κ3) is 5.93. The molecule has 0 aliphatic heterocycles. The molecule has 2 aromatic carbocycles. The smallest absolute Gasteiger partial charge is 0.238 e. The van der Waals surface area contributed by atoms with Crippen LogP contribution in [0.5, 0.6) is 0 Å². The highest BCUT2D eigenvalue weighted by atomic mass is 35.5. The molecule has 5 N–H and O–H groups in total.